The quantitative estimate of drug-likeness (QED) is 0.321. The van der Waals surface area contributed by atoms with E-state index in [1.54, 1.807) is 61.2 Å². The van der Waals surface area contributed by atoms with Crippen LogP contribution in [0.4, 0.5) is 19.0 Å². The number of ether oxygens (including phenoxy) is 2. The summed E-state index contributed by atoms with van der Waals surface area (Å²) in [4.78, 5) is 12.8. The van der Waals surface area contributed by atoms with Crippen molar-refractivity contribution in [1.29, 1.82) is 0 Å². The topological polar surface area (TPSA) is 65.4 Å². The van der Waals surface area contributed by atoms with Crippen LogP contribution in [-0.2, 0) is 19.3 Å². The van der Waals surface area contributed by atoms with E-state index in [0.717, 1.165) is 17.7 Å². The Morgan fingerprint density at radius 1 is 0.944 bits per heavy atom. The summed E-state index contributed by atoms with van der Waals surface area (Å²) in [5.74, 6) is 1.15. The van der Waals surface area contributed by atoms with Crippen molar-refractivity contribution >= 4 is 11.7 Å². The maximum absolute atomic E-state index is 13.0. The lowest BCUT2D eigenvalue weighted by Gasteiger charge is -2.11. The van der Waals surface area contributed by atoms with Gasteiger partial charge in [0.1, 0.15) is 6.61 Å². The number of hydrogen-bond donors (Lipinski definition) is 1. The van der Waals surface area contributed by atoms with Crippen LogP contribution in [0.25, 0.3) is 0 Å². The molecule has 186 valence electrons. The number of alkyl halides is 3. The lowest BCUT2D eigenvalue weighted by molar-refractivity contribution is -0.137. The predicted octanol–water partition coefficient (Wildman–Crippen LogP) is 6.10. The number of anilines is 1. The monoisotopic (exact) mass is 495 g/mol. The van der Waals surface area contributed by atoms with Crippen molar-refractivity contribution in [3.8, 4) is 11.5 Å². The molecule has 0 radical (unpaired) electrons. The lowest BCUT2D eigenvalue weighted by Crippen LogP contribution is -2.13. The van der Waals surface area contributed by atoms with Crippen LogP contribution in [-0.4, -0.2) is 22.8 Å². The number of methoxy groups -OCH3 is 1. The minimum atomic E-state index is -4.42. The fraction of sp³-hybridized carbons (Fsp3) is 0.185. The number of halogens is 3. The third-order valence-electron chi connectivity index (χ3n) is 5.46. The zero-order valence-electron chi connectivity index (χ0n) is 19.7. The minimum Gasteiger partial charge on any atom is -0.493 e. The summed E-state index contributed by atoms with van der Waals surface area (Å²) in [6.07, 6.45) is -4.42. The molecule has 1 N–H and O–H groups in total. The third-order valence-corrected chi connectivity index (χ3v) is 5.46. The van der Waals surface area contributed by atoms with E-state index in [2.05, 4.69) is 10.4 Å². The Labute approximate surface area is 206 Å². The van der Waals surface area contributed by atoms with Gasteiger partial charge < -0.3 is 14.8 Å². The number of nitrogens with one attached hydrogen (secondary N) is 1. The first-order valence-electron chi connectivity index (χ1n) is 11.1. The summed E-state index contributed by atoms with van der Waals surface area (Å²) in [7, 11) is 1.57. The number of carbonyl (C=O) groups is 1. The van der Waals surface area contributed by atoms with Gasteiger partial charge in [-0.1, -0.05) is 36.4 Å². The average Bonchev–Trinajstić information content (AvgIpc) is 3.20. The summed E-state index contributed by atoms with van der Waals surface area (Å²) >= 11 is 0. The Bertz CT molecular complexity index is 1370. The van der Waals surface area contributed by atoms with E-state index in [4.69, 9.17) is 9.47 Å². The third kappa shape index (κ3) is 6.04. The second kappa shape index (κ2) is 10.6. The van der Waals surface area contributed by atoms with E-state index >= 15 is 0 Å². The van der Waals surface area contributed by atoms with E-state index in [1.807, 2.05) is 18.2 Å². The van der Waals surface area contributed by atoms with Crippen molar-refractivity contribution in [2.45, 2.75) is 26.3 Å². The molecule has 9 heteroatoms. The van der Waals surface area contributed by atoms with Crippen LogP contribution in [0.3, 0.4) is 0 Å². The standard InChI is InChI=1S/C27H24F3N3O3/c1-18-13-25(32-33(18)16-19-7-6-10-22(15-19)27(28,29)30)31-26(34)21-9-5-8-20(14-21)17-36-24-12-4-3-11-23(24)35-2/h3-15H,16-17H2,1-2H3,(H,31,32,34). The highest BCUT2D eigenvalue weighted by Gasteiger charge is 2.30. The van der Waals surface area contributed by atoms with Gasteiger partial charge in [0.05, 0.1) is 19.2 Å². The molecule has 1 heterocycles. The molecule has 0 saturated carbocycles. The van der Waals surface area contributed by atoms with Crippen molar-refractivity contribution in [2.24, 2.45) is 0 Å². The van der Waals surface area contributed by atoms with Crippen LogP contribution < -0.4 is 14.8 Å². The van der Waals surface area contributed by atoms with E-state index in [1.165, 1.54) is 6.07 Å². The molecular weight excluding hydrogens is 471 g/mol. The number of carbonyl (C=O) groups excluding carboxylic acids is 1. The van der Waals surface area contributed by atoms with Gasteiger partial charge in [0.15, 0.2) is 17.3 Å². The van der Waals surface area contributed by atoms with Crippen molar-refractivity contribution in [3.63, 3.8) is 0 Å². The molecule has 0 saturated heterocycles. The zero-order chi connectivity index (χ0) is 25.7. The molecule has 0 bridgehead atoms. The van der Waals surface area contributed by atoms with Crippen LogP contribution in [0.15, 0.2) is 78.9 Å². The summed E-state index contributed by atoms with van der Waals surface area (Å²) in [5.41, 5.74) is 1.65. The Balaban J connectivity index is 1.42. The fourth-order valence-corrected chi connectivity index (χ4v) is 3.64. The molecular formula is C27H24F3N3O3. The molecule has 6 nitrogen and oxygen atoms in total. The number of aryl methyl sites for hydroxylation is 1. The smallest absolute Gasteiger partial charge is 0.416 e. The molecule has 0 unspecified atom stereocenters. The van der Waals surface area contributed by atoms with Gasteiger partial charge in [-0.3, -0.25) is 9.48 Å². The molecule has 0 aliphatic carbocycles. The van der Waals surface area contributed by atoms with Gasteiger partial charge in [0.2, 0.25) is 0 Å². The SMILES string of the molecule is COc1ccccc1OCc1cccc(C(=O)Nc2cc(C)n(Cc3cccc(C(F)(F)F)c3)n2)c1. The van der Waals surface area contributed by atoms with Crippen LogP contribution in [0, 0.1) is 6.92 Å². The summed E-state index contributed by atoms with van der Waals surface area (Å²) in [5, 5.41) is 7.09. The van der Waals surface area contributed by atoms with Crippen molar-refractivity contribution in [1.82, 2.24) is 9.78 Å². The van der Waals surface area contributed by atoms with E-state index in [-0.39, 0.29) is 19.1 Å². The van der Waals surface area contributed by atoms with Crippen molar-refractivity contribution < 1.29 is 27.4 Å². The zero-order valence-corrected chi connectivity index (χ0v) is 19.7. The maximum Gasteiger partial charge on any atom is 0.416 e. The minimum absolute atomic E-state index is 0.140. The van der Waals surface area contributed by atoms with E-state index in [9.17, 15) is 18.0 Å². The highest BCUT2D eigenvalue weighted by molar-refractivity contribution is 6.03. The summed E-state index contributed by atoms with van der Waals surface area (Å²) in [6.45, 7) is 2.15. The Morgan fingerprint density at radius 3 is 2.42 bits per heavy atom. The van der Waals surface area contributed by atoms with Gasteiger partial charge >= 0.3 is 6.18 Å². The highest BCUT2D eigenvalue weighted by Crippen LogP contribution is 2.30. The van der Waals surface area contributed by atoms with Gasteiger partial charge in [-0.05, 0) is 54.4 Å². The molecule has 0 aliphatic heterocycles. The van der Waals surface area contributed by atoms with Crippen LogP contribution >= 0.6 is 0 Å². The Morgan fingerprint density at radius 2 is 1.67 bits per heavy atom. The first-order chi connectivity index (χ1) is 17.2. The number of nitrogens with zero attached hydrogens (tertiary/aromatic N) is 2. The first-order valence-corrected chi connectivity index (χ1v) is 11.1. The normalized spacial score (nSPS) is 11.2. The van der Waals surface area contributed by atoms with Crippen molar-refractivity contribution in [3.05, 3.63) is 107 Å². The highest BCUT2D eigenvalue weighted by atomic mass is 19.4. The summed E-state index contributed by atoms with van der Waals surface area (Å²) in [6, 6.07) is 21.0. The first kappa shape index (κ1) is 24.8. The molecule has 0 fully saturated rings. The molecule has 0 spiro atoms. The van der Waals surface area contributed by atoms with Crippen LogP contribution in [0.5, 0.6) is 11.5 Å². The number of rotatable bonds is 8. The molecule has 4 aromatic rings. The van der Waals surface area contributed by atoms with Gasteiger partial charge in [0.25, 0.3) is 5.91 Å². The maximum atomic E-state index is 13.0. The average molecular weight is 496 g/mol. The molecule has 4 rings (SSSR count). The van der Waals surface area contributed by atoms with Crippen LogP contribution in [0.1, 0.15) is 32.7 Å². The van der Waals surface area contributed by atoms with Gasteiger partial charge in [0, 0.05) is 17.3 Å². The largest absolute Gasteiger partial charge is 0.493 e. The van der Waals surface area contributed by atoms with Crippen molar-refractivity contribution in [2.75, 3.05) is 12.4 Å². The molecule has 36 heavy (non-hydrogen) atoms. The van der Waals surface area contributed by atoms with Gasteiger partial charge in [-0.2, -0.15) is 18.3 Å². The second-order valence-electron chi connectivity index (χ2n) is 8.12. The van der Waals surface area contributed by atoms with Crippen LogP contribution in [0.2, 0.25) is 0 Å². The van der Waals surface area contributed by atoms with E-state index in [0.29, 0.717) is 34.1 Å². The van der Waals surface area contributed by atoms with Gasteiger partial charge in [-0.25, -0.2) is 0 Å². The Kier molecular flexibility index (Phi) is 7.28. The number of benzene rings is 3. The van der Waals surface area contributed by atoms with E-state index < -0.39 is 11.7 Å². The number of para-hydroxylation sites is 2. The number of amides is 1. The molecule has 0 atom stereocenters. The fourth-order valence-electron chi connectivity index (χ4n) is 3.64. The second-order valence-corrected chi connectivity index (χ2v) is 8.12. The molecule has 3 aromatic carbocycles. The number of hydrogen-bond acceptors (Lipinski definition) is 4. The lowest BCUT2D eigenvalue weighted by atomic mass is 10.1. The van der Waals surface area contributed by atoms with Gasteiger partial charge in [-0.15, -0.1) is 0 Å². The summed E-state index contributed by atoms with van der Waals surface area (Å²) < 4.78 is 51.7. The molecule has 1 amide bonds. The molecule has 1 aromatic heterocycles. The molecule has 0 aliphatic rings. The predicted molar refractivity (Wildman–Crippen MR) is 129 cm³/mol. The Hall–Kier alpha value is -4.27. The number of aromatic nitrogens is 2.